The number of carbonyl (C=O) groups excluding carboxylic acids is 2. The molecule has 138 valence electrons. The molecule has 26 heavy (non-hydrogen) atoms. The highest BCUT2D eigenvalue weighted by molar-refractivity contribution is 6.31. The van der Waals surface area contributed by atoms with Crippen molar-refractivity contribution in [3.63, 3.8) is 0 Å². The highest BCUT2D eigenvalue weighted by Crippen LogP contribution is 2.19. The van der Waals surface area contributed by atoms with Gasteiger partial charge in [-0.15, -0.1) is 0 Å². The summed E-state index contributed by atoms with van der Waals surface area (Å²) in [7, 11) is 0. The molecule has 0 aliphatic rings. The summed E-state index contributed by atoms with van der Waals surface area (Å²) in [5, 5.41) is 3.46. The first-order chi connectivity index (χ1) is 12.4. The van der Waals surface area contributed by atoms with Crippen LogP contribution >= 0.6 is 11.6 Å². The lowest BCUT2D eigenvalue weighted by atomic mass is 10.1. The first-order valence-corrected chi connectivity index (χ1v) is 9.13. The molecule has 0 saturated heterocycles. The van der Waals surface area contributed by atoms with E-state index in [1.807, 2.05) is 62.4 Å². The summed E-state index contributed by atoms with van der Waals surface area (Å²) in [6.45, 7) is 5.83. The SMILES string of the molecule is CC(C)NC(=O)C(C)N(Cc1ccccc1Cl)C(=O)Cc1ccccc1. The molecular formula is C21H25ClN2O2. The van der Waals surface area contributed by atoms with E-state index in [0.29, 0.717) is 5.02 Å². The lowest BCUT2D eigenvalue weighted by Crippen LogP contribution is -2.49. The minimum absolute atomic E-state index is 0.0105. The van der Waals surface area contributed by atoms with Crippen LogP contribution in [0.1, 0.15) is 31.9 Å². The van der Waals surface area contributed by atoms with E-state index < -0.39 is 6.04 Å². The summed E-state index contributed by atoms with van der Waals surface area (Å²) in [6.07, 6.45) is 0.241. The van der Waals surface area contributed by atoms with Gasteiger partial charge < -0.3 is 10.2 Å². The summed E-state index contributed by atoms with van der Waals surface area (Å²) in [6, 6.07) is 16.3. The van der Waals surface area contributed by atoms with Crippen LogP contribution in [0, 0.1) is 0 Å². The molecule has 5 heteroatoms. The highest BCUT2D eigenvalue weighted by Gasteiger charge is 2.27. The molecule has 0 aliphatic carbocycles. The van der Waals surface area contributed by atoms with Crippen LogP contribution < -0.4 is 5.32 Å². The number of hydrogen-bond donors (Lipinski definition) is 1. The molecule has 0 heterocycles. The van der Waals surface area contributed by atoms with Gasteiger partial charge in [0.05, 0.1) is 6.42 Å². The molecule has 2 amide bonds. The Kier molecular flexibility index (Phi) is 7.22. The molecular weight excluding hydrogens is 348 g/mol. The number of rotatable bonds is 7. The maximum Gasteiger partial charge on any atom is 0.242 e. The maximum atomic E-state index is 13.0. The molecule has 0 bridgehead atoms. The molecule has 0 aliphatic heterocycles. The van der Waals surface area contributed by atoms with Crippen LogP contribution in [0.2, 0.25) is 5.02 Å². The van der Waals surface area contributed by atoms with E-state index in [0.717, 1.165) is 11.1 Å². The third-order valence-corrected chi connectivity index (χ3v) is 4.46. The van der Waals surface area contributed by atoms with E-state index in [-0.39, 0.29) is 30.8 Å². The average Bonchev–Trinajstić information content (AvgIpc) is 2.60. The number of benzene rings is 2. The van der Waals surface area contributed by atoms with E-state index >= 15 is 0 Å². The fourth-order valence-corrected chi connectivity index (χ4v) is 2.87. The highest BCUT2D eigenvalue weighted by atomic mass is 35.5. The molecule has 4 nitrogen and oxygen atoms in total. The van der Waals surface area contributed by atoms with Gasteiger partial charge in [0.15, 0.2) is 0 Å². The largest absolute Gasteiger partial charge is 0.352 e. The minimum atomic E-state index is -0.593. The Balaban J connectivity index is 2.23. The van der Waals surface area contributed by atoms with Crippen molar-refractivity contribution >= 4 is 23.4 Å². The van der Waals surface area contributed by atoms with Gasteiger partial charge in [-0.3, -0.25) is 9.59 Å². The molecule has 1 N–H and O–H groups in total. The number of halogens is 1. The molecule has 0 spiro atoms. The molecule has 0 aromatic heterocycles. The molecule has 2 aromatic rings. The van der Waals surface area contributed by atoms with Crippen molar-refractivity contribution in [2.45, 2.75) is 45.8 Å². The lowest BCUT2D eigenvalue weighted by molar-refractivity contribution is -0.140. The van der Waals surface area contributed by atoms with Crippen molar-refractivity contribution in [1.82, 2.24) is 10.2 Å². The zero-order valence-electron chi connectivity index (χ0n) is 15.4. The molecule has 2 rings (SSSR count). The summed E-state index contributed by atoms with van der Waals surface area (Å²) in [4.78, 5) is 27.0. The summed E-state index contributed by atoms with van der Waals surface area (Å²) >= 11 is 6.26. The minimum Gasteiger partial charge on any atom is -0.352 e. The summed E-state index contributed by atoms with van der Waals surface area (Å²) < 4.78 is 0. The molecule has 0 fully saturated rings. The first kappa shape index (κ1) is 20.0. The second-order valence-corrected chi connectivity index (χ2v) is 7.02. The lowest BCUT2D eigenvalue weighted by Gasteiger charge is -2.29. The maximum absolute atomic E-state index is 13.0. The van der Waals surface area contributed by atoms with Crippen molar-refractivity contribution in [1.29, 1.82) is 0 Å². The second kappa shape index (κ2) is 9.39. The predicted octanol–water partition coefficient (Wildman–Crippen LogP) is 3.82. The first-order valence-electron chi connectivity index (χ1n) is 8.75. The van der Waals surface area contributed by atoms with Gasteiger partial charge in [-0.1, -0.05) is 60.1 Å². The third-order valence-electron chi connectivity index (χ3n) is 4.09. The van der Waals surface area contributed by atoms with Crippen molar-refractivity contribution in [2.24, 2.45) is 0 Å². The smallest absolute Gasteiger partial charge is 0.242 e. The van der Waals surface area contributed by atoms with Gasteiger partial charge in [0.25, 0.3) is 0 Å². The number of hydrogen-bond acceptors (Lipinski definition) is 2. The topological polar surface area (TPSA) is 49.4 Å². The van der Waals surface area contributed by atoms with Gasteiger partial charge in [-0.2, -0.15) is 0 Å². The third kappa shape index (κ3) is 5.60. The fourth-order valence-electron chi connectivity index (χ4n) is 2.67. The molecule has 0 saturated carbocycles. The second-order valence-electron chi connectivity index (χ2n) is 6.61. The Morgan fingerprint density at radius 2 is 1.62 bits per heavy atom. The van der Waals surface area contributed by atoms with Crippen molar-refractivity contribution in [2.75, 3.05) is 0 Å². The molecule has 1 atom stereocenters. The van der Waals surface area contributed by atoms with Crippen LogP contribution in [0.4, 0.5) is 0 Å². The number of amides is 2. The van der Waals surface area contributed by atoms with Gasteiger partial charge in [0, 0.05) is 17.6 Å². The van der Waals surface area contributed by atoms with Gasteiger partial charge in [-0.25, -0.2) is 0 Å². The van der Waals surface area contributed by atoms with Gasteiger partial charge >= 0.3 is 0 Å². The quantitative estimate of drug-likeness (QED) is 0.803. The van der Waals surface area contributed by atoms with E-state index in [1.54, 1.807) is 17.9 Å². The number of nitrogens with zero attached hydrogens (tertiary/aromatic N) is 1. The molecule has 1 unspecified atom stereocenters. The predicted molar refractivity (Wildman–Crippen MR) is 105 cm³/mol. The summed E-state index contributed by atoms with van der Waals surface area (Å²) in [5.41, 5.74) is 1.73. The van der Waals surface area contributed by atoms with Crippen LogP contribution in [0.5, 0.6) is 0 Å². The molecule has 2 aromatic carbocycles. The van der Waals surface area contributed by atoms with Crippen molar-refractivity contribution < 1.29 is 9.59 Å². The standard InChI is InChI=1S/C21H25ClN2O2/c1-15(2)23-21(26)16(3)24(14-18-11-7-8-12-19(18)22)20(25)13-17-9-5-4-6-10-17/h4-12,15-16H,13-14H2,1-3H3,(H,23,26). The number of carbonyl (C=O) groups is 2. The zero-order chi connectivity index (χ0) is 19.1. The van der Waals surface area contributed by atoms with Gasteiger partial charge in [0.1, 0.15) is 6.04 Å². The van der Waals surface area contributed by atoms with Gasteiger partial charge in [0.2, 0.25) is 11.8 Å². The van der Waals surface area contributed by atoms with Crippen LogP contribution in [-0.4, -0.2) is 28.8 Å². The van der Waals surface area contributed by atoms with Crippen LogP contribution in [-0.2, 0) is 22.6 Å². The summed E-state index contributed by atoms with van der Waals surface area (Å²) in [5.74, 6) is -0.281. The molecule has 0 radical (unpaired) electrons. The van der Waals surface area contributed by atoms with Crippen LogP contribution in [0.15, 0.2) is 54.6 Å². The Hall–Kier alpha value is -2.33. The monoisotopic (exact) mass is 372 g/mol. The number of nitrogens with one attached hydrogen (secondary N) is 1. The Labute approximate surface area is 160 Å². The van der Waals surface area contributed by atoms with Crippen molar-refractivity contribution in [3.8, 4) is 0 Å². The van der Waals surface area contributed by atoms with Crippen LogP contribution in [0.3, 0.4) is 0 Å². The Morgan fingerprint density at radius 1 is 1.00 bits per heavy atom. The van der Waals surface area contributed by atoms with Crippen molar-refractivity contribution in [3.05, 3.63) is 70.7 Å². The van der Waals surface area contributed by atoms with E-state index in [2.05, 4.69) is 5.32 Å². The zero-order valence-corrected chi connectivity index (χ0v) is 16.2. The van der Waals surface area contributed by atoms with Gasteiger partial charge in [-0.05, 0) is 38.0 Å². The fraction of sp³-hybridized carbons (Fsp3) is 0.333. The van der Waals surface area contributed by atoms with E-state index in [9.17, 15) is 9.59 Å². The normalized spacial score (nSPS) is 11.9. The van der Waals surface area contributed by atoms with Crippen LogP contribution in [0.25, 0.3) is 0 Å². The van der Waals surface area contributed by atoms with E-state index in [4.69, 9.17) is 11.6 Å². The van der Waals surface area contributed by atoms with E-state index in [1.165, 1.54) is 0 Å². The Bertz CT molecular complexity index is 747. The average molecular weight is 373 g/mol. The Morgan fingerprint density at radius 3 is 2.23 bits per heavy atom.